The Bertz CT molecular complexity index is 899. The molecule has 1 aromatic heterocycles. The van der Waals surface area contributed by atoms with E-state index in [0.29, 0.717) is 0 Å². The molecule has 0 saturated carbocycles. The Labute approximate surface area is 159 Å². The first-order chi connectivity index (χ1) is 12.8. The van der Waals surface area contributed by atoms with Crippen LogP contribution in [0.15, 0.2) is 48.7 Å². The van der Waals surface area contributed by atoms with E-state index in [4.69, 9.17) is 11.6 Å². The molecule has 0 bridgehead atoms. The van der Waals surface area contributed by atoms with Crippen LogP contribution < -0.4 is 4.90 Å². The lowest BCUT2D eigenvalue weighted by atomic mass is 10.1. The molecule has 2 aliphatic rings. The zero-order valence-electron chi connectivity index (χ0n) is 14.9. The van der Waals surface area contributed by atoms with Gasteiger partial charge in [-0.3, -0.25) is 4.90 Å². The van der Waals surface area contributed by atoms with Gasteiger partial charge < -0.3 is 9.88 Å². The van der Waals surface area contributed by atoms with Crippen LogP contribution in [0.3, 0.4) is 0 Å². The number of benzene rings is 2. The quantitative estimate of drug-likeness (QED) is 0.745. The largest absolute Gasteiger partial charge is 0.367 e. The summed E-state index contributed by atoms with van der Waals surface area (Å²) in [5, 5.41) is 2.06. The van der Waals surface area contributed by atoms with Crippen molar-refractivity contribution in [1.82, 2.24) is 9.88 Å². The van der Waals surface area contributed by atoms with Crippen LogP contribution >= 0.6 is 11.6 Å². The second-order valence-corrected chi connectivity index (χ2v) is 8.13. The van der Waals surface area contributed by atoms with E-state index in [0.717, 1.165) is 42.6 Å². The molecule has 0 spiro atoms. The summed E-state index contributed by atoms with van der Waals surface area (Å²) < 4.78 is 0. The highest BCUT2D eigenvalue weighted by atomic mass is 35.5. The summed E-state index contributed by atoms with van der Waals surface area (Å²) in [5.41, 5.74) is 5.56. The van der Waals surface area contributed by atoms with Crippen LogP contribution in [-0.2, 0) is 12.8 Å². The standard InChI is InChI=1S/C22H24ClN3/c23-19-5-6-20-21(13-19)24-14-22(20)26-9-7-25(8-10-26)15-16-11-17-3-1-2-4-18(17)12-16/h1-6,13-14,16,24H,7-12,15H2. The maximum atomic E-state index is 6.11. The first kappa shape index (κ1) is 16.2. The molecule has 1 fully saturated rings. The third-order valence-corrected chi connectivity index (χ3v) is 6.22. The topological polar surface area (TPSA) is 22.3 Å². The van der Waals surface area contributed by atoms with Gasteiger partial charge in [-0.05, 0) is 48.1 Å². The lowest BCUT2D eigenvalue weighted by Crippen LogP contribution is -2.47. The number of nitrogens with one attached hydrogen (secondary N) is 1. The minimum absolute atomic E-state index is 0.785. The van der Waals surface area contributed by atoms with Crippen molar-refractivity contribution in [2.75, 3.05) is 37.6 Å². The van der Waals surface area contributed by atoms with Gasteiger partial charge in [-0.1, -0.05) is 35.9 Å². The van der Waals surface area contributed by atoms with Gasteiger partial charge in [0.25, 0.3) is 0 Å². The van der Waals surface area contributed by atoms with Crippen molar-refractivity contribution in [1.29, 1.82) is 0 Å². The first-order valence-corrected chi connectivity index (χ1v) is 9.95. The summed E-state index contributed by atoms with van der Waals surface area (Å²) in [6.45, 7) is 5.71. The van der Waals surface area contributed by atoms with E-state index in [2.05, 4.69) is 51.3 Å². The van der Waals surface area contributed by atoms with Crippen LogP contribution in [0.4, 0.5) is 5.69 Å². The fourth-order valence-electron chi connectivity index (χ4n) is 4.66. The van der Waals surface area contributed by atoms with Gasteiger partial charge >= 0.3 is 0 Å². The Morgan fingerprint density at radius 2 is 1.69 bits per heavy atom. The minimum atomic E-state index is 0.785. The highest BCUT2D eigenvalue weighted by Crippen LogP contribution is 2.30. The summed E-state index contributed by atoms with van der Waals surface area (Å²) >= 11 is 6.11. The molecule has 1 saturated heterocycles. The van der Waals surface area contributed by atoms with Gasteiger partial charge in [0.1, 0.15) is 0 Å². The molecule has 26 heavy (non-hydrogen) atoms. The Hall–Kier alpha value is -1.97. The number of H-pyrrole nitrogens is 1. The minimum Gasteiger partial charge on any atom is -0.367 e. The maximum Gasteiger partial charge on any atom is 0.0624 e. The molecule has 0 amide bonds. The number of aromatic amines is 1. The summed E-state index contributed by atoms with van der Waals surface area (Å²) in [5.74, 6) is 0.786. The first-order valence-electron chi connectivity index (χ1n) is 9.57. The van der Waals surface area contributed by atoms with Crippen LogP contribution in [0.2, 0.25) is 5.02 Å². The lowest BCUT2D eigenvalue weighted by molar-refractivity contribution is 0.221. The number of fused-ring (bicyclic) bond motifs is 2. The molecule has 5 rings (SSSR count). The van der Waals surface area contributed by atoms with Crippen molar-refractivity contribution < 1.29 is 0 Å². The Morgan fingerprint density at radius 1 is 0.962 bits per heavy atom. The molecule has 0 atom stereocenters. The molecule has 4 heteroatoms. The average molecular weight is 366 g/mol. The molecule has 2 aromatic carbocycles. The number of nitrogens with zero attached hydrogens (tertiary/aromatic N) is 2. The number of halogens is 1. The number of rotatable bonds is 3. The number of piperazine rings is 1. The molecular formula is C22H24ClN3. The van der Waals surface area contributed by atoms with Crippen LogP contribution in [-0.4, -0.2) is 42.6 Å². The van der Waals surface area contributed by atoms with Gasteiger partial charge in [-0.15, -0.1) is 0 Å². The number of hydrogen-bond acceptors (Lipinski definition) is 2. The molecule has 134 valence electrons. The van der Waals surface area contributed by atoms with Crippen molar-refractivity contribution >= 4 is 28.2 Å². The number of aromatic nitrogens is 1. The van der Waals surface area contributed by atoms with Gasteiger partial charge in [0.2, 0.25) is 0 Å². The second-order valence-electron chi connectivity index (χ2n) is 7.69. The van der Waals surface area contributed by atoms with Crippen LogP contribution in [0.25, 0.3) is 10.9 Å². The molecule has 3 aromatic rings. The number of anilines is 1. The summed E-state index contributed by atoms with van der Waals surface area (Å²) in [6.07, 6.45) is 4.63. The van der Waals surface area contributed by atoms with E-state index in [1.54, 1.807) is 11.1 Å². The smallest absolute Gasteiger partial charge is 0.0624 e. The lowest BCUT2D eigenvalue weighted by Gasteiger charge is -2.37. The molecule has 0 unspecified atom stereocenters. The van der Waals surface area contributed by atoms with Crippen molar-refractivity contribution in [3.05, 3.63) is 64.8 Å². The van der Waals surface area contributed by atoms with Gasteiger partial charge in [0.05, 0.1) is 5.69 Å². The third-order valence-electron chi connectivity index (χ3n) is 5.99. The third kappa shape index (κ3) is 3.00. The van der Waals surface area contributed by atoms with Crippen molar-refractivity contribution in [3.8, 4) is 0 Å². The molecule has 1 aliphatic heterocycles. The fraction of sp³-hybridized carbons (Fsp3) is 0.364. The molecule has 2 heterocycles. The Morgan fingerprint density at radius 3 is 2.42 bits per heavy atom. The summed E-state index contributed by atoms with van der Waals surface area (Å²) in [6, 6.07) is 15.1. The van der Waals surface area contributed by atoms with Gasteiger partial charge in [-0.25, -0.2) is 0 Å². The number of hydrogen-bond donors (Lipinski definition) is 1. The van der Waals surface area contributed by atoms with E-state index < -0.39 is 0 Å². The highest BCUT2D eigenvalue weighted by Gasteiger charge is 2.25. The average Bonchev–Trinajstić information content (AvgIpc) is 3.25. The predicted octanol–water partition coefficient (Wildman–Crippen LogP) is 4.36. The van der Waals surface area contributed by atoms with Gasteiger partial charge in [0, 0.05) is 54.8 Å². The summed E-state index contributed by atoms with van der Waals surface area (Å²) in [7, 11) is 0. The zero-order valence-corrected chi connectivity index (χ0v) is 15.7. The second kappa shape index (κ2) is 6.64. The molecule has 1 aliphatic carbocycles. The normalized spacial score (nSPS) is 18.6. The van der Waals surface area contributed by atoms with Crippen LogP contribution in [0, 0.1) is 5.92 Å². The fourth-order valence-corrected chi connectivity index (χ4v) is 4.83. The Balaban J connectivity index is 1.21. The SMILES string of the molecule is Clc1ccc2c(N3CCN(CC4Cc5ccccc5C4)CC3)c[nH]c2c1. The van der Waals surface area contributed by atoms with Crippen molar-refractivity contribution in [2.24, 2.45) is 5.92 Å². The van der Waals surface area contributed by atoms with Crippen LogP contribution in [0.5, 0.6) is 0 Å². The maximum absolute atomic E-state index is 6.11. The van der Waals surface area contributed by atoms with Crippen LogP contribution in [0.1, 0.15) is 11.1 Å². The van der Waals surface area contributed by atoms with Crippen molar-refractivity contribution in [2.45, 2.75) is 12.8 Å². The molecule has 3 nitrogen and oxygen atoms in total. The predicted molar refractivity (Wildman–Crippen MR) is 109 cm³/mol. The zero-order chi connectivity index (χ0) is 17.5. The van der Waals surface area contributed by atoms with E-state index in [9.17, 15) is 0 Å². The van der Waals surface area contributed by atoms with Gasteiger partial charge in [0.15, 0.2) is 0 Å². The van der Waals surface area contributed by atoms with Crippen molar-refractivity contribution in [3.63, 3.8) is 0 Å². The highest BCUT2D eigenvalue weighted by molar-refractivity contribution is 6.31. The van der Waals surface area contributed by atoms with Gasteiger partial charge in [-0.2, -0.15) is 0 Å². The monoisotopic (exact) mass is 365 g/mol. The Kier molecular flexibility index (Phi) is 4.14. The molecule has 1 N–H and O–H groups in total. The van der Waals surface area contributed by atoms with E-state index in [1.165, 1.54) is 30.5 Å². The van der Waals surface area contributed by atoms with E-state index in [-0.39, 0.29) is 0 Å². The summed E-state index contributed by atoms with van der Waals surface area (Å²) in [4.78, 5) is 8.52. The van der Waals surface area contributed by atoms with E-state index >= 15 is 0 Å². The molecular weight excluding hydrogens is 342 g/mol. The van der Waals surface area contributed by atoms with E-state index in [1.807, 2.05) is 12.1 Å². The molecule has 0 radical (unpaired) electrons.